The normalized spacial score (nSPS) is 10.6. The Morgan fingerprint density at radius 1 is 1.00 bits per heavy atom. The zero-order valence-corrected chi connectivity index (χ0v) is 13.8. The number of hydrogen-bond acceptors (Lipinski definition) is 3. The summed E-state index contributed by atoms with van der Waals surface area (Å²) < 4.78 is 7.16. The maximum atomic E-state index is 5.18. The zero-order chi connectivity index (χ0) is 17.1. The quantitative estimate of drug-likeness (QED) is 0.561. The molecule has 2 aromatic carbocycles. The Bertz CT molecular complexity index is 938. The summed E-state index contributed by atoms with van der Waals surface area (Å²) >= 11 is 0. The number of methoxy groups -OCH3 is 1. The van der Waals surface area contributed by atoms with Crippen molar-refractivity contribution in [2.24, 2.45) is 0 Å². The summed E-state index contributed by atoms with van der Waals surface area (Å²) in [6.07, 6.45) is 7.50. The van der Waals surface area contributed by atoms with Gasteiger partial charge in [0.2, 0.25) is 0 Å². The molecule has 0 bridgehead atoms. The van der Waals surface area contributed by atoms with E-state index in [4.69, 9.17) is 4.74 Å². The van der Waals surface area contributed by atoms with E-state index < -0.39 is 0 Å². The van der Waals surface area contributed by atoms with E-state index in [2.05, 4.69) is 45.6 Å². The molecule has 0 aliphatic rings. The van der Waals surface area contributed by atoms with Crippen LogP contribution in [0.1, 0.15) is 0 Å². The summed E-state index contributed by atoms with van der Waals surface area (Å²) in [5, 5.41) is 3.36. The van der Waals surface area contributed by atoms with Crippen LogP contribution in [0, 0.1) is 0 Å². The van der Waals surface area contributed by atoms with Crippen molar-refractivity contribution >= 4 is 11.5 Å². The van der Waals surface area contributed by atoms with Gasteiger partial charge in [-0.3, -0.25) is 0 Å². The number of rotatable bonds is 5. The number of anilines is 2. The Labute approximate surface area is 145 Å². The number of ether oxygens (including phenoxy) is 1. The first kappa shape index (κ1) is 15.1. The van der Waals surface area contributed by atoms with Crippen molar-refractivity contribution < 1.29 is 4.74 Å². The second kappa shape index (κ2) is 6.57. The van der Waals surface area contributed by atoms with E-state index in [0.717, 1.165) is 34.1 Å². The molecule has 5 nitrogen and oxygen atoms in total. The van der Waals surface area contributed by atoms with E-state index >= 15 is 0 Å². The van der Waals surface area contributed by atoms with E-state index in [1.807, 2.05) is 41.2 Å². The fraction of sp³-hybridized carbons (Fsp3) is 0.0500. The lowest BCUT2D eigenvalue weighted by Gasteiger charge is -2.05. The van der Waals surface area contributed by atoms with Crippen LogP contribution in [0.3, 0.4) is 0 Å². The monoisotopic (exact) mass is 330 g/mol. The number of aromatic nitrogens is 3. The highest BCUT2D eigenvalue weighted by Gasteiger charge is 2.04. The number of nitrogens with zero attached hydrogens (tertiary/aromatic N) is 2. The van der Waals surface area contributed by atoms with E-state index in [0.29, 0.717) is 0 Å². The minimum absolute atomic E-state index is 0.843. The lowest BCUT2D eigenvalue weighted by atomic mass is 10.1. The van der Waals surface area contributed by atoms with Crippen LogP contribution in [0.15, 0.2) is 79.5 Å². The molecule has 0 saturated carbocycles. The lowest BCUT2D eigenvalue weighted by Crippen LogP contribution is -1.90. The second-order valence-electron chi connectivity index (χ2n) is 5.67. The Morgan fingerprint density at radius 2 is 1.80 bits per heavy atom. The third-order valence-corrected chi connectivity index (χ3v) is 4.06. The van der Waals surface area contributed by atoms with E-state index in [1.54, 1.807) is 19.6 Å². The molecule has 124 valence electrons. The minimum Gasteiger partial charge on any atom is -0.497 e. The van der Waals surface area contributed by atoms with Crippen LogP contribution in [0.2, 0.25) is 0 Å². The summed E-state index contributed by atoms with van der Waals surface area (Å²) in [5.74, 6) is 1.79. The van der Waals surface area contributed by atoms with Crippen LogP contribution in [-0.4, -0.2) is 21.6 Å². The Kier molecular flexibility index (Phi) is 3.96. The molecule has 2 N–H and O–H groups in total. The van der Waals surface area contributed by atoms with Crippen LogP contribution in [-0.2, 0) is 0 Å². The molecule has 0 aliphatic heterocycles. The molecule has 25 heavy (non-hydrogen) atoms. The fourth-order valence-corrected chi connectivity index (χ4v) is 2.70. The predicted octanol–water partition coefficient (Wildman–Crippen LogP) is 4.62. The number of aromatic amines is 1. The van der Waals surface area contributed by atoms with Gasteiger partial charge in [-0.1, -0.05) is 12.1 Å². The highest BCUT2D eigenvalue weighted by atomic mass is 16.5. The standard InChI is InChI=1S/C20H18N4O/c1-25-19-8-4-17(5-9-19)23-20-12-16(13-22-20)15-2-6-18(7-3-15)24-11-10-21-14-24/h2-14,22-23H,1H3. The Morgan fingerprint density at radius 3 is 2.48 bits per heavy atom. The first-order valence-corrected chi connectivity index (χ1v) is 8.00. The molecular weight excluding hydrogens is 312 g/mol. The average molecular weight is 330 g/mol. The summed E-state index contributed by atoms with van der Waals surface area (Å²) in [4.78, 5) is 7.34. The van der Waals surface area contributed by atoms with Gasteiger partial charge in [-0.2, -0.15) is 0 Å². The first-order valence-electron chi connectivity index (χ1n) is 8.00. The molecule has 2 heterocycles. The van der Waals surface area contributed by atoms with Gasteiger partial charge in [-0.15, -0.1) is 0 Å². The van der Waals surface area contributed by atoms with Crippen molar-refractivity contribution in [2.75, 3.05) is 12.4 Å². The molecule has 4 rings (SSSR count). The van der Waals surface area contributed by atoms with Crippen molar-refractivity contribution in [3.05, 3.63) is 79.5 Å². The van der Waals surface area contributed by atoms with Crippen LogP contribution >= 0.6 is 0 Å². The Balaban J connectivity index is 1.50. The Hall–Kier alpha value is -3.47. The van der Waals surface area contributed by atoms with E-state index in [1.165, 1.54) is 0 Å². The van der Waals surface area contributed by atoms with Crippen LogP contribution < -0.4 is 10.1 Å². The topological polar surface area (TPSA) is 54.9 Å². The first-order chi connectivity index (χ1) is 12.3. The van der Waals surface area contributed by atoms with Crippen molar-refractivity contribution in [1.29, 1.82) is 0 Å². The second-order valence-corrected chi connectivity index (χ2v) is 5.67. The molecule has 5 heteroatoms. The van der Waals surface area contributed by atoms with E-state index in [-0.39, 0.29) is 0 Å². The van der Waals surface area contributed by atoms with Gasteiger partial charge in [0.1, 0.15) is 11.6 Å². The fourth-order valence-electron chi connectivity index (χ4n) is 2.70. The van der Waals surface area contributed by atoms with Gasteiger partial charge < -0.3 is 19.6 Å². The zero-order valence-electron chi connectivity index (χ0n) is 13.8. The number of hydrogen-bond donors (Lipinski definition) is 2. The summed E-state index contributed by atoms with van der Waals surface area (Å²) in [7, 11) is 1.66. The molecule has 0 amide bonds. The highest BCUT2D eigenvalue weighted by Crippen LogP contribution is 2.26. The number of benzene rings is 2. The van der Waals surface area contributed by atoms with Gasteiger partial charge in [0.05, 0.1) is 13.4 Å². The van der Waals surface area contributed by atoms with Crippen LogP contribution in [0.4, 0.5) is 11.5 Å². The molecule has 4 aromatic rings. The van der Waals surface area contributed by atoms with Gasteiger partial charge in [-0.25, -0.2) is 4.98 Å². The number of imidazole rings is 1. The maximum Gasteiger partial charge on any atom is 0.119 e. The van der Waals surface area contributed by atoms with Crippen molar-refractivity contribution in [3.63, 3.8) is 0 Å². The summed E-state index contributed by atoms with van der Waals surface area (Å²) in [6.45, 7) is 0. The molecule has 0 spiro atoms. The molecule has 0 aliphatic carbocycles. The molecule has 0 unspecified atom stereocenters. The molecule has 2 aromatic heterocycles. The smallest absolute Gasteiger partial charge is 0.119 e. The minimum atomic E-state index is 0.843. The maximum absolute atomic E-state index is 5.18. The summed E-state index contributed by atoms with van der Waals surface area (Å²) in [5.41, 5.74) is 4.38. The molecule has 0 saturated heterocycles. The molecular formula is C20H18N4O. The van der Waals surface area contributed by atoms with Crippen molar-refractivity contribution in [1.82, 2.24) is 14.5 Å². The SMILES string of the molecule is COc1ccc(Nc2cc(-c3ccc(-n4ccnc4)cc3)c[nH]2)cc1. The third kappa shape index (κ3) is 3.26. The molecule has 0 fully saturated rings. The number of H-pyrrole nitrogens is 1. The number of nitrogens with one attached hydrogen (secondary N) is 2. The van der Waals surface area contributed by atoms with Crippen LogP contribution in [0.25, 0.3) is 16.8 Å². The molecule has 0 radical (unpaired) electrons. The average Bonchev–Trinajstić information content (AvgIpc) is 3.35. The van der Waals surface area contributed by atoms with Gasteiger partial charge >= 0.3 is 0 Å². The van der Waals surface area contributed by atoms with Gasteiger partial charge in [0.15, 0.2) is 0 Å². The van der Waals surface area contributed by atoms with Gasteiger partial charge in [-0.05, 0) is 48.0 Å². The van der Waals surface area contributed by atoms with Crippen LogP contribution in [0.5, 0.6) is 5.75 Å². The van der Waals surface area contributed by atoms with Gasteiger partial charge in [0.25, 0.3) is 0 Å². The van der Waals surface area contributed by atoms with Crippen molar-refractivity contribution in [2.45, 2.75) is 0 Å². The van der Waals surface area contributed by atoms with Gasteiger partial charge in [0, 0.05) is 35.5 Å². The van der Waals surface area contributed by atoms with E-state index in [9.17, 15) is 0 Å². The third-order valence-electron chi connectivity index (χ3n) is 4.06. The predicted molar refractivity (Wildman–Crippen MR) is 99.6 cm³/mol. The largest absolute Gasteiger partial charge is 0.497 e. The highest BCUT2D eigenvalue weighted by molar-refractivity contribution is 5.70. The lowest BCUT2D eigenvalue weighted by molar-refractivity contribution is 0.415. The van der Waals surface area contributed by atoms with Crippen molar-refractivity contribution in [3.8, 4) is 22.6 Å². The molecule has 0 atom stereocenters. The summed E-state index contributed by atoms with van der Waals surface area (Å²) in [6, 6.07) is 18.3.